The molecule has 0 unspecified atom stereocenters. The molecule has 0 aliphatic heterocycles. The molecule has 0 heterocycles. The smallest absolute Gasteiger partial charge is 0.192 e. The lowest BCUT2D eigenvalue weighted by Crippen LogP contribution is -2.53. The maximum absolute atomic E-state index is 10.6. The first-order valence-electron chi connectivity index (χ1n) is 9.18. The van der Waals surface area contributed by atoms with E-state index in [1.165, 1.54) is 0 Å². The highest BCUT2D eigenvalue weighted by Crippen LogP contribution is 2.44. The lowest BCUT2D eigenvalue weighted by atomic mass is 10.1. The summed E-state index contributed by atoms with van der Waals surface area (Å²) in [5.74, 6) is -0.0520. The van der Waals surface area contributed by atoms with Gasteiger partial charge in [0.15, 0.2) is 16.6 Å². The lowest BCUT2D eigenvalue weighted by molar-refractivity contribution is -0.0163. The van der Waals surface area contributed by atoms with Gasteiger partial charge in [-0.15, -0.1) is 0 Å². The van der Waals surface area contributed by atoms with E-state index in [-0.39, 0.29) is 34.8 Å². The number of rotatable bonds is 5. The average Bonchev–Trinajstić information content (AvgIpc) is 2.63. The molecule has 0 bridgehead atoms. The van der Waals surface area contributed by atoms with E-state index in [1.54, 1.807) is 0 Å². The van der Waals surface area contributed by atoms with Crippen LogP contribution in [-0.4, -0.2) is 51.8 Å². The molecule has 1 rings (SSSR count). The van der Waals surface area contributed by atoms with Crippen molar-refractivity contribution < 1.29 is 19.1 Å². The predicted octanol–water partition coefficient (Wildman–Crippen LogP) is 4.14. The molecule has 144 valence electrons. The number of hydrogen-bond acceptors (Lipinski definition) is 4. The van der Waals surface area contributed by atoms with Crippen molar-refractivity contribution in [2.75, 3.05) is 6.61 Å². The first-order valence-corrected chi connectivity index (χ1v) is 15.0. The Balaban J connectivity index is 3.08. The largest absolute Gasteiger partial charge is 0.411 e. The minimum Gasteiger partial charge on any atom is -0.411 e. The summed E-state index contributed by atoms with van der Waals surface area (Å²) in [5, 5.41) is 20.6. The zero-order chi connectivity index (χ0) is 19.1. The Labute approximate surface area is 151 Å². The maximum atomic E-state index is 10.6. The summed E-state index contributed by atoms with van der Waals surface area (Å²) >= 11 is 0. The van der Waals surface area contributed by atoms with Crippen LogP contribution in [0.25, 0.3) is 0 Å². The zero-order valence-corrected chi connectivity index (χ0v) is 19.4. The normalized spacial score (nSPS) is 30.0. The van der Waals surface area contributed by atoms with Gasteiger partial charge >= 0.3 is 0 Å². The van der Waals surface area contributed by atoms with Crippen LogP contribution in [-0.2, 0) is 8.85 Å². The molecular formula is C18H40O4Si2. The molecule has 0 spiro atoms. The number of hydrogen-bond donors (Lipinski definition) is 2. The van der Waals surface area contributed by atoms with E-state index in [2.05, 4.69) is 67.7 Å². The van der Waals surface area contributed by atoms with Crippen LogP contribution in [0.4, 0.5) is 0 Å². The fourth-order valence-corrected chi connectivity index (χ4v) is 5.27. The molecule has 0 aromatic rings. The first kappa shape index (κ1) is 22.3. The van der Waals surface area contributed by atoms with Crippen LogP contribution < -0.4 is 0 Å². The second-order valence-electron chi connectivity index (χ2n) is 10.4. The van der Waals surface area contributed by atoms with E-state index < -0.39 is 22.7 Å². The Morgan fingerprint density at radius 1 is 0.833 bits per heavy atom. The molecule has 1 aliphatic rings. The van der Waals surface area contributed by atoms with Crippen molar-refractivity contribution in [1.29, 1.82) is 0 Å². The highest BCUT2D eigenvalue weighted by Gasteiger charge is 2.52. The maximum Gasteiger partial charge on any atom is 0.192 e. The summed E-state index contributed by atoms with van der Waals surface area (Å²) in [6, 6.07) is 0. The van der Waals surface area contributed by atoms with E-state index in [4.69, 9.17) is 8.85 Å². The highest BCUT2D eigenvalue weighted by atomic mass is 28.4. The van der Waals surface area contributed by atoms with Crippen LogP contribution in [0, 0.1) is 5.92 Å². The summed E-state index contributed by atoms with van der Waals surface area (Å²) in [5.41, 5.74) is 0. The van der Waals surface area contributed by atoms with E-state index >= 15 is 0 Å². The second-order valence-corrected chi connectivity index (χ2v) is 19.9. The fourth-order valence-electron chi connectivity index (χ4n) is 2.59. The summed E-state index contributed by atoms with van der Waals surface area (Å²) in [4.78, 5) is 0. The Hall–Kier alpha value is 0.274. The Bertz CT molecular complexity index is 424. The van der Waals surface area contributed by atoms with Gasteiger partial charge in [-0.2, -0.15) is 0 Å². The standard InChI is InChI=1S/C18H40O4Si2/c1-17(2,3)23(7,8)21-15-13(12-19)11-14(20)16(15)22-24(9,10)18(4,5)6/h13-16,19-20H,11-12H2,1-10H3/t13-,14-,15-,16+/m1/s1. The molecule has 0 aromatic carbocycles. The molecule has 4 nitrogen and oxygen atoms in total. The molecular weight excluding hydrogens is 336 g/mol. The Kier molecular flexibility index (Phi) is 6.62. The van der Waals surface area contributed by atoms with Crippen molar-refractivity contribution in [3.8, 4) is 0 Å². The molecule has 0 aromatic heterocycles. The highest BCUT2D eigenvalue weighted by molar-refractivity contribution is 6.74. The zero-order valence-electron chi connectivity index (χ0n) is 17.4. The topological polar surface area (TPSA) is 58.9 Å². The molecule has 1 fully saturated rings. The van der Waals surface area contributed by atoms with Gasteiger partial charge in [0, 0.05) is 12.5 Å². The quantitative estimate of drug-likeness (QED) is 0.708. The van der Waals surface area contributed by atoms with Crippen molar-refractivity contribution in [3.63, 3.8) is 0 Å². The van der Waals surface area contributed by atoms with Crippen LogP contribution in [0.3, 0.4) is 0 Å². The van der Waals surface area contributed by atoms with Crippen LogP contribution in [0.1, 0.15) is 48.0 Å². The van der Waals surface area contributed by atoms with E-state index in [0.717, 1.165) is 0 Å². The third-order valence-corrected chi connectivity index (χ3v) is 15.4. The number of aliphatic hydroxyl groups excluding tert-OH is 2. The van der Waals surface area contributed by atoms with Gasteiger partial charge in [0.05, 0.1) is 18.3 Å². The monoisotopic (exact) mass is 376 g/mol. The third-order valence-electron chi connectivity index (χ3n) is 6.42. The van der Waals surface area contributed by atoms with Gasteiger partial charge in [0.2, 0.25) is 0 Å². The summed E-state index contributed by atoms with van der Waals surface area (Å²) < 4.78 is 13.2. The van der Waals surface area contributed by atoms with Gasteiger partial charge in [-0.25, -0.2) is 0 Å². The summed E-state index contributed by atoms with van der Waals surface area (Å²) in [6.45, 7) is 22.1. The summed E-state index contributed by atoms with van der Waals surface area (Å²) in [6.07, 6.45) is -0.571. The molecule has 2 N–H and O–H groups in total. The molecule has 6 heteroatoms. The average molecular weight is 377 g/mol. The van der Waals surface area contributed by atoms with Crippen LogP contribution >= 0.6 is 0 Å². The Morgan fingerprint density at radius 3 is 1.54 bits per heavy atom. The first-order chi connectivity index (χ1) is 10.5. The summed E-state index contributed by atoms with van der Waals surface area (Å²) in [7, 11) is -4.03. The van der Waals surface area contributed by atoms with Crippen molar-refractivity contribution in [1.82, 2.24) is 0 Å². The third kappa shape index (κ3) is 4.71. The lowest BCUT2D eigenvalue weighted by Gasteiger charge is -2.44. The van der Waals surface area contributed by atoms with Crippen molar-refractivity contribution in [2.45, 2.75) is 103 Å². The van der Waals surface area contributed by atoms with Gasteiger partial charge in [0.1, 0.15) is 0 Å². The molecule has 1 aliphatic carbocycles. The van der Waals surface area contributed by atoms with Crippen molar-refractivity contribution in [2.24, 2.45) is 5.92 Å². The minimum atomic E-state index is -2.02. The van der Waals surface area contributed by atoms with Crippen molar-refractivity contribution in [3.05, 3.63) is 0 Å². The van der Waals surface area contributed by atoms with Gasteiger partial charge in [0.25, 0.3) is 0 Å². The predicted molar refractivity (Wildman–Crippen MR) is 105 cm³/mol. The van der Waals surface area contributed by atoms with Crippen molar-refractivity contribution >= 4 is 16.6 Å². The van der Waals surface area contributed by atoms with Crippen LogP contribution in [0.15, 0.2) is 0 Å². The molecule has 0 saturated heterocycles. The van der Waals surface area contributed by atoms with E-state index in [1.807, 2.05) is 0 Å². The minimum absolute atomic E-state index is 0.0354. The molecule has 0 radical (unpaired) electrons. The molecule has 1 saturated carbocycles. The number of aliphatic hydroxyl groups is 2. The van der Waals surface area contributed by atoms with E-state index in [0.29, 0.717) is 6.42 Å². The second kappa shape index (κ2) is 7.12. The van der Waals surface area contributed by atoms with E-state index in [9.17, 15) is 10.2 Å². The fraction of sp³-hybridized carbons (Fsp3) is 1.00. The van der Waals surface area contributed by atoms with Crippen LogP contribution in [0.5, 0.6) is 0 Å². The van der Waals surface area contributed by atoms with Gasteiger partial charge in [-0.05, 0) is 42.7 Å². The molecule has 0 amide bonds. The molecule has 24 heavy (non-hydrogen) atoms. The molecule has 4 atom stereocenters. The van der Waals surface area contributed by atoms with Crippen LogP contribution in [0.2, 0.25) is 36.3 Å². The van der Waals surface area contributed by atoms with Gasteiger partial charge in [-0.1, -0.05) is 41.5 Å². The SMILES string of the molecule is CC(C)(C)[Si](C)(C)O[C@@H]1[C@@H](CO)C[C@@H](O)[C@@H]1O[Si](C)(C)C(C)(C)C. The Morgan fingerprint density at radius 2 is 1.21 bits per heavy atom. The van der Waals surface area contributed by atoms with Gasteiger partial charge in [-0.3, -0.25) is 0 Å². The van der Waals surface area contributed by atoms with Gasteiger partial charge < -0.3 is 19.1 Å².